The van der Waals surface area contributed by atoms with Gasteiger partial charge < -0.3 is 16.0 Å². The lowest BCUT2D eigenvalue weighted by atomic mass is 9.73. The molecule has 0 saturated heterocycles. The van der Waals surface area contributed by atoms with Gasteiger partial charge in [0.25, 0.3) is 0 Å². The Kier molecular flexibility index (Phi) is 5.72. The van der Waals surface area contributed by atoms with Crippen LogP contribution in [-0.2, 0) is 9.59 Å². The van der Waals surface area contributed by atoms with Crippen LogP contribution in [0.3, 0.4) is 0 Å². The van der Waals surface area contributed by atoms with Crippen LogP contribution in [0.5, 0.6) is 0 Å². The van der Waals surface area contributed by atoms with Crippen molar-refractivity contribution in [3.63, 3.8) is 0 Å². The summed E-state index contributed by atoms with van der Waals surface area (Å²) in [6.07, 6.45) is 4.38. The molecule has 0 radical (unpaired) electrons. The lowest BCUT2D eigenvalue weighted by Crippen LogP contribution is -2.51. The molecule has 6 heteroatoms. The van der Waals surface area contributed by atoms with Gasteiger partial charge in [0.1, 0.15) is 0 Å². The maximum atomic E-state index is 12.3. The van der Waals surface area contributed by atoms with Crippen molar-refractivity contribution in [3.8, 4) is 0 Å². The molecule has 2 amide bonds. The van der Waals surface area contributed by atoms with Crippen molar-refractivity contribution in [2.75, 3.05) is 20.1 Å². The predicted octanol–water partition coefficient (Wildman–Crippen LogP) is 0.817. The number of carbonyl (C=O) groups is 2. The van der Waals surface area contributed by atoms with Crippen LogP contribution in [0.4, 0.5) is 0 Å². The van der Waals surface area contributed by atoms with Gasteiger partial charge in [-0.2, -0.15) is 0 Å². The van der Waals surface area contributed by atoms with Crippen molar-refractivity contribution in [1.82, 2.24) is 10.2 Å². The summed E-state index contributed by atoms with van der Waals surface area (Å²) in [5.74, 6) is -0.303. The molecule has 1 aliphatic carbocycles. The van der Waals surface area contributed by atoms with E-state index in [1.807, 2.05) is 6.92 Å². The highest BCUT2D eigenvalue weighted by atomic mass is 32.1. The quantitative estimate of drug-likeness (QED) is 0.733. The zero-order valence-corrected chi connectivity index (χ0v) is 12.5. The second kappa shape index (κ2) is 6.84. The Bertz CT molecular complexity index is 365. The van der Waals surface area contributed by atoms with Gasteiger partial charge in [-0.3, -0.25) is 9.59 Å². The van der Waals surface area contributed by atoms with Crippen LogP contribution in [0.25, 0.3) is 0 Å². The summed E-state index contributed by atoms with van der Waals surface area (Å²) in [4.78, 5) is 25.8. The minimum atomic E-state index is -0.751. The SMILES string of the molecule is CCN(C)C(=O)CNC(=O)C1(C(N)=S)CCCCC1. The molecule has 1 fully saturated rings. The summed E-state index contributed by atoms with van der Waals surface area (Å²) in [5.41, 5.74) is 5.02. The summed E-state index contributed by atoms with van der Waals surface area (Å²) in [7, 11) is 1.71. The molecule has 1 aliphatic rings. The number of rotatable bonds is 5. The highest BCUT2D eigenvalue weighted by molar-refractivity contribution is 7.80. The molecule has 0 aromatic rings. The molecule has 1 rings (SSSR count). The Morgan fingerprint density at radius 2 is 1.89 bits per heavy atom. The largest absolute Gasteiger partial charge is 0.392 e. The maximum Gasteiger partial charge on any atom is 0.241 e. The molecule has 0 aliphatic heterocycles. The highest BCUT2D eigenvalue weighted by Gasteiger charge is 2.42. The van der Waals surface area contributed by atoms with Gasteiger partial charge in [-0.1, -0.05) is 31.5 Å². The van der Waals surface area contributed by atoms with Gasteiger partial charge in [0.15, 0.2) is 0 Å². The third-order valence-electron chi connectivity index (χ3n) is 3.91. The first-order valence-corrected chi connectivity index (χ1v) is 7.17. The third kappa shape index (κ3) is 3.65. The van der Waals surface area contributed by atoms with Crippen LogP contribution < -0.4 is 11.1 Å². The van der Waals surface area contributed by atoms with Crippen LogP contribution in [0.15, 0.2) is 0 Å². The first-order chi connectivity index (χ1) is 8.94. The van der Waals surface area contributed by atoms with E-state index in [0.29, 0.717) is 19.4 Å². The molecule has 1 saturated carbocycles. The topological polar surface area (TPSA) is 75.4 Å². The van der Waals surface area contributed by atoms with Crippen LogP contribution in [0.2, 0.25) is 0 Å². The zero-order chi connectivity index (χ0) is 14.5. The van der Waals surface area contributed by atoms with Crippen molar-refractivity contribution in [2.24, 2.45) is 11.1 Å². The first kappa shape index (κ1) is 15.9. The fraction of sp³-hybridized carbons (Fsp3) is 0.769. The molecular weight excluding hydrogens is 262 g/mol. The Labute approximate surface area is 119 Å². The minimum absolute atomic E-state index is 0.00748. The highest BCUT2D eigenvalue weighted by Crippen LogP contribution is 2.36. The lowest BCUT2D eigenvalue weighted by molar-refractivity contribution is -0.134. The second-order valence-electron chi connectivity index (χ2n) is 5.10. The van der Waals surface area contributed by atoms with Gasteiger partial charge in [-0.15, -0.1) is 0 Å². The zero-order valence-electron chi connectivity index (χ0n) is 11.7. The van der Waals surface area contributed by atoms with Crippen molar-refractivity contribution >= 4 is 29.0 Å². The lowest BCUT2D eigenvalue weighted by Gasteiger charge is -2.34. The molecule has 108 valence electrons. The summed E-state index contributed by atoms with van der Waals surface area (Å²) in [6, 6.07) is 0. The molecule has 19 heavy (non-hydrogen) atoms. The van der Waals surface area contributed by atoms with Gasteiger partial charge in [0.2, 0.25) is 11.8 Å². The summed E-state index contributed by atoms with van der Waals surface area (Å²) in [5, 5.41) is 2.69. The summed E-state index contributed by atoms with van der Waals surface area (Å²) < 4.78 is 0. The maximum absolute atomic E-state index is 12.3. The molecule has 0 bridgehead atoms. The Hall–Kier alpha value is -1.17. The average molecular weight is 285 g/mol. The van der Waals surface area contributed by atoms with Crippen molar-refractivity contribution in [1.29, 1.82) is 0 Å². The van der Waals surface area contributed by atoms with E-state index in [4.69, 9.17) is 18.0 Å². The van der Waals surface area contributed by atoms with Gasteiger partial charge in [0.05, 0.1) is 16.9 Å². The minimum Gasteiger partial charge on any atom is -0.392 e. The summed E-state index contributed by atoms with van der Waals surface area (Å²) >= 11 is 5.08. The fourth-order valence-electron chi connectivity index (χ4n) is 2.38. The average Bonchev–Trinajstić information content (AvgIpc) is 2.43. The van der Waals surface area contributed by atoms with Crippen molar-refractivity contribution in [3.05, 3.63) is 0 Å². The number of hydrogen-bond donors (Lipinski definition) is 2. The Morgan fingerprint density at radius 1 is 1.32 bits per heavy atom. The first-order valence-electron chi connectivity index (χ1n) is 6.76. The molecule has 0 atom stereocenters. The number of amides is 2. The Balaban J connectivity index is 2.64. The van der Waals surface area contributed by atoms with E-state index in [1.54, 1.807) is 11.9 Å². The summed E-state index contributed by atoms with van der Waals surface area (Å²) in [6.45, 7) is 2.51. The molecule has 0 unspecified atom stereocenters. The number of nitrogens with two attached hydrogens (primary N) is 1. The third-order valence-corrected chi connectivity index (χ3v) is 4.30. The normalized spacial score (nSPS) is 17.6. The van der Waals surface area contributed by atoms with Gasteiger partial charge in [-0.05, 0) is 19.8 Å². The van der Waals surface area contributed by atoms with E-state index in [2.05, 4.69) is 5.32 Å². The number of nitrogens with zero attached hydrogens (tertiary/aromatic N) is 1. The molecular formula is C13H23N3O2S. The number of carbonyl (C=O) groups excluding carboxylic acids is 2. The number of nitrogens with one attached hydrogen (secondary N) is 1. The molecule has 0 spiro atoms. The molecule has 0 aromatic carbocycles. The molecule has 0 heterocycles. The molecule has 3 N–H and O–H groups in total. The van der Waals surface area contributed by atoms with E-state index < -0.39 is 5.41 Å². The number of hydrogen-bond acceptors (Lipinski definition) is 3. The van der Waals surface area contributed by atoms with Crippen LogP contribution in [0.1, 0.15) is 39.0 Å². The number of thiocarbonyl (C=S) groups is 1. The van der Waals surface area contributed by atoms with Crippen LogP contribution in [-0.4, -0.2) is 41.8 Å². The smallest absolute Gasteiger partial charge is 0.241 e. The van der Waals surface area contributed by atoms with E-state index in [-0.39, 0.29) is 23.3 Å². The van der Waals surface area contributed by atoms with E-state index in [9.17, 15) is 9.59 Å². The monoisotopic (exact) mass is 285 g/mol. The van der Waals surface area contributed by atoms with Crippen LogP contribution >= 0.6 is 12.2 Å². The van der Waals surface area contributed by atoms with E-state index in [0.717, 1.165) is 19.3 Å². The van der Waals surface area contributed by atoms with E-state index >= 15 is 0 Å². The molecule has 5 nitrogen and oxygen atoms in total. The predicted molar refractivity (Wildman–Crippen MR) is 78.6 cm³/mol. The standard InChI is InChI=1S/C13H23N3O2S/c1-3-16(2)10(17)9-15-12(18)13(11(14)19)7-5-4-6-8-13/h3-9H2,1-2H3,(H2,14,19)(H,15,18). The van der Waals surface area contributed by atoms with Gasteiger partial charge >= 0.3 is 0 Å². The fourth-order valence-corrected chi connectivity index (χ4v) is 2.67. The van der Waals surface area contributed by atoms with Gasteiger partial charge in [-0.25, -0.2) is 0 Å². The van der Waals surface area contributed by atoms with E-state index in [1.165, 1.54) is 0 Å². The van der Waals surface area contributed by atoms with Gasteiger partial charge in [0, 0.05) is 13.6 Å². The number of likely N-dealkylation sites (N-methyl/N-ethyl adjacent to an activating group) is 1. The van der Waals surface area contributed by atoms with Crippen LogP contribution in [0, 0.1) is 5.41 Å². The van der Waals surface area contributed by atoms with Crippen molar-refractivity contribution in [2.45, 2.75) is 39.0 Å². The second-order valence-corrected chi connectivity index (χ2v) is 5.54. The molecule has 0 aromatic heterocycles. The van der Waals surface area contributed by atoms with Crippen molar-refractivity contribution < 1.29 is 9.59 Å². The Morgan fingerprint density at radius 3 is 2.37 bits per heavy atom.